The van der Waals surface area contributed by atoms with Gasteiger partial charge in [0.15, 0.2) is 11.5 Å². The molecule has 202 valence electrons. The topological polar surface area (TPSA) is 94.1 Å². The van der Waals surface area contributed by atoms with Crippen LogP contribution in [0.3, 0.4) is 0 Å². The standard InChI is InChI=1S/C30H27F2NO6/c1-17-11-19(13-20(12-17)27(34)35)25-16-22(15-24(37-25)18-5-3-2-4-6-18)33-28(36)29(9-10-29)21-7-8-23-26(14-21)39-30(31,32)38-23/h2-8,11-14,22,24-25H,9-10,15-16H2,1H3,(H,33,36)(H,34,35)/t22-,24-,25+/m0/s1. The fourth-order valence-electron chi connectivity index (χ4n) is 5.60. The first kappa shape index (κ1) is 25.3. The molecule has 0 unspecified atom stereocenters. The molecular weight excluding hydrogens is 508 g/mol. The Hall–Kier alpha value is -3.98. The molecule has 0 aromatic heterocycles. The lowest BCUT2D eigenvalue weighted by molar-refractivity contribution is -0.286. The van der Waals surface area contributed by atoms with Crippen LogP contribution in [0.25, 0.3) is 0 Å². The van der Waals surface area contributed by atoms with Crippen molar-refractivity contribution in [2.75, 3.05) is 0 Å². The number of ether oxygens (including phenoxy) is 3. The second kappa shape index (κ2) is 9.34. The Morgan fingerprint density at radius 1 is 0.897 bits per heavy atom. The normalized spacial score (nSPS) is 24.1. The van der Waals surface area contributed by atoms with E-state index in [1.165, 1.54) is 12.1 Å². The summed E-state index contributed by atoms with van der Waals surface area (Å²) in [5, 5.41) is 12.8. The average molecular weight is 536 g/mol. The van der Waals surface area contributed by atoms with E-state index < -0.39 is 23.8 Å². The zero-order valence-corrected chi connectivity index (χ0v) is 21.2. The number of amides is 1. The summed E-state index contributed by atoms with van der Waals surface area (Å²) < 4.78 is 42.6. The number of nitrogens with one attached hydrogen (secondary N) is 1. The zero-order chi connectivity index (χ0) is 27.4. The van der Waals surface area contributed by atoms with Crippen LogP contribution in [0.15, 0.2) is 66.7 Å². The van der Waals surface area contributed by atoms with Gasteiger partial charge < -0.3 is 24.6 Å². The molecule has 2 fully saturated rings. The van der Waals surface area contributed by atoms with Gasteiger partial charge in [-0.05, 0) is 79.1 Å². The van der Waals surface area contributed by atoms with Crippen LogP contribution < -0.4 is 14.8 Å². The fourth-order valence-corrected chi connectivity index (χ4v) is 5.60. The minimum absolute atomic E-state index is 0.0585. The van der Waals surface area contributed by atoms with Crippen molar-refractivity contribution in [3.63, 3.8) is 0 Å². The number of fused-ring (bicyclic) bond motifs is 1. The van der Waals surface area contributed by atoms with Gasteiger partial charge in [0.1, 0.15) is 0 Å². The highest BCUT2D eigenvalue weighted by molar-refractivity contribution is 5.91. The minimum atomic E-state index is -3.72. The molecule has 3 aliphatic rings. The number of benzene rings is 3. The molecular formula is C30H27F2NO6. The molecule has 7 nitrogen and oxygen atoms in total. The van der Waals surface area contributed by atoms with Gasteiger partial charge in [-0.1, -0.05) is 42.5 Å². The molecule has 1 saturated heterocycles. The smallest absolute Gasteiger partial charge is 0.478 e. The Balaban J connectivity index is 1.26. The molecule has 2 heterocycles. The average Bonchev–Trinajstić information content (AvgIpc) is 3.65. The van der Waals surface area contributed by atoms with Crippen LogP contribution in [0.1, 0.15) is 70.5 Å². The van der Waals surface area contributed by atoms with Crippen molar-refractivity contribution in [1.82, 2.24) is 5.32 Å². The van der Waals surface area contributed by atoms with Gasteiger partial charge in [-0.15, -0.1) is 8.78 Å². The fraction of sp³-hybridized carbons (Fsp3) is 0.333. The van der Waals surface area contributed by atoms with Crippen molar-refractivity contribution in [1.29, 1.82) is 0 Å². The van der Waals surface area contributed by atoms with Crippen LogP contribution in [0.5, 0.6) is 11.5 Å². The van der Waals surface area contributed by atoms with E-state index in [2.05, 4.69) is 14.8 Å². The number of aryl methyl sites for hydroxylation is 1. The summed E-state index contributed by atoms with van der Waals surface area (Å²) in [6.45, 7) is 1.84. The van der Waals surface area contributed by atoms with Crippen molar-refractivity contribution in [3.05, 3.63) is 94.5 Å². The first-order valence-corrected chi connectivity index (χ1v) is 12.9. The van der Waals surface area contributed by atoms with E-state index in [0.717, 1.165) is 16.7 Å². The first-order valence-electron chi connectivity index (χ1n) is 12.9. The number of hydrogen-bond donors (Lipinski definition) is 2. The lowest BCUT2D eigenvalue weighted by Crippen LogP contribution is -2.45. The van der Waals surface area contributed by atoms with E-state index in [9.17, 15) is 23.5 Å². The molecule has 2 aliphatic heterocycles. The van der Waals surface area contributed by atoms with E-state index >= 15 is 0 Å². The third-order valence-corrected chi connectivity index (χ3v) is 7.69. The lowest BCUT2D eigenvalue weighted by atomic mass is 9.88. The summed E-state index contributed by atoms with van der Waals surface area (Å²) in [5.41, 5.74) is 2.47. The number of halogens is 2. The molecule has 0 radical (unpaired) electrons. The second-order valence-electron chi connectivity index (χ2n) is 10.5. The van der Waals surface area contributed by atoms with Crippen molar-refractivity contribution in [2.45, 2.75) is 62.6 Å². The lowest BCUT2D eigenvalue weighted by Gasteiger charge is -2.37. The molecule has 3 atom stereocenters. The summed E-state index contributed by atoms with van der Waals surface area (Å²) in [6, 6.07) is 19.1. The maximum Gasteiger partial charge on any atom is 0.586 e. The van der Waals surface area contributed by atoms with Gasteiger partial charge in [0.2, 0.25) is 5.91 Å². The molecule has 0 spiro atoms. The largest absolute Gasteiger partial charge is 0.586 e. The third-order valence-electron chi connectivity index (χ3n) is 7.69. The molecule has 6 rings (SSSR count). The van der Waals surface area contributed by atoms with Gasteiger partial charge in [0.05, 0.1) is 23.2 Å². The van der Waals surface area contributed by atoms with Crippen LogP contribution in [0.4, 0.5) is 8.78 Å². The Labute approximate surface area is 223 Å². The zero-order valence-electron chi connectivity index (χ0n) is 21.2. The summed E-state index contributed by atoms with van der Waals surface area (Å²) in [6.07, 6.45) is -2.30. The highest BCUT2D eigenvalue weighted by Gasteiger charge is 2.53. The summed E-state index contributed by atoms with van der Waals surface area (Å²) in [7, 11) is 0. The van der Waals surface area contributed by atoms with E-state index in [1.54, 1.807) is 18.2 Å². The predicted octanol–water partition coefficient (Wildman–Crippen LogP) is 5.82. The SMILES string of the molecule is Cc1cc(C(=O)O)cc([C@H]2C[C@@H](NC(=O)C3(c4ccc5c(c4)OC(F)(F)O5)CC3)C[C@@H](c3ccccc3)O2)c1. The molecule has 0 bridgehead atoms. The molecule has 9 heteroatoms. The maximum absolute atomic E-state index is 13.7. The van der Waals surface area contributed by atoms with E-state index in [1.807, 2.05) is 43.3 Å². The molecule has 2 N–H and O–H groups in total. The van der Waals surface area contributed by atoms with Crippen molar-refractivity contribution in [2.24, 2.45) is 0 Å². The van der Waals surface area contributed by atoms with Crippen molar-refractivity contribution >= 4 is 11.9 Å². The summed E-state index contributed by atoms with van der Waals surface area (Å²) in [4.78, 5) is 25.3. The Morgan fingerprint density at radius 2 is 1.59 bits per heavy atom. The number of carboxylic acid groups (broad SMARTS) is 1. The molecule has 3 aromatic rings. The molecule has 39 heavy (non-hydrogen) atoms. The Morgan fingerprint density at radius 3 is 2.28 bits per heavy atom. The highest BCUT2D eigenvalue weighted by Crippen LogP contribution is 2.52. The van der Waals surface area contributed by atoms with Crippen LogP contribution in [0, 0.1) is 6.92 Å². The van der Waals surface area contributed by atoms with Crippen LogP contribution in [-0.2, 0) is 14.9 Å². The highest BCUT2D eigenvalue weighted by atomic mass is 19.3. The maximum atomic E-state index is 13.7. The number of hydrogen-bond acceptors (Lipinski definition) is 5. The Kier molecular flexibility index (Phi) is 6.06. The third kappa shape index (κ3) is 4.94. The number of carbonyl (C=O) groups excluding carboxylic acids is 1. The summed E-state index contributed by atoms with van der Waals surface area (Å²) in [5.74, 6) is -1.34. The number of carbonyl (C=O) groups is 2. The number of alkyl halides is 2. The van der Waals surface area contributed by atoms with Gasteiger partial charge >= 0.3 is 12.3 Å². The molecule has 3 aromatic carbocycles. The second-order valence-corrected chi connectivity index (χ2v) is 10.5. The molecule has 1 amide bonds. The van der Waals surface area contributed by atoms with Crippen LogP contribution >= 0.6 is 0 Å². The van der Waals surface area contributed by atoms with Gasteiger partial charge in [0.25, 0.3) is 0 Å². The van der Waals surface area contributed by atoms with Crippen molar-refractivity contribution in [3.8, 4) is 11.5 Å². The molecule has 1 saturated carbocycles. The van der Waals surface area contributed by atoms with E-state index in [0.29, 0.717) is 31.2 Å². The first-order chi connectivity index (χ1) is 18.6. The summed E-state index contributed by atoms with van der Waals surface area (Å²) >= 11 is 0. The minimum Gasteiger partial charge on any atom is -0.478 e. The van der Waals surface area contributed by atoms with E-state index in [4.69, 9.17) is 4.74 Å². The van der Waals surface area contributed by atoms with Crippen LogP contribution in [0.2, 0.25) is 0 Å². The van der Waals surface area contributed by atoms with Crippen LogP contribution in [-0.4, -0.2) is 29.3 Å². The predicted molar refractivity (Wildman–Crippen MR) is 136 cm³/mol. The van der Waals surface area contributed by atoms with Gasteiger partial charge in [-0.3, -0.25) is 4.79 Å². The van der Waals surface area contributed by atoms with Crippen molar-refractivity contribution < 1.29 is 37.7 Å². The number of rotatable bonds is 6. The monoisotopic (exact) mass is 535 g/mol. The Bertz CT molecular complexity index is 1440. The quantitative estimate of drug-likeness (QED) is 0.413. The van der Waals surface area contributed by atoms with E-state index in [-0.39, 0.29) is 35.1 Å². The number of carboxylic acids is 1. The van der Waals surface area contributed by atoms with Gasteiger partial charge in [0, 0.05) is 6.04 Å². The molecule has 1 aliphatic carbocycles. The number of aromatic carboxylic acids is 1. The van der Waals surface area contributed by atoms with Gasteiger partial charge in [-0.25, -0.2) is 4.79 Å². The van der Waals surface area contributed by atoms with Gasteiger partial charge in [-0.2, -0.15) is 0 Å².